The molecule has 0 radical (unpaired) electrons. The van der Waals surface area contributed by atoms with Crippen LogP contribution < -0.4 is 15.8 Å². The lowest BCUT2D eigenvalue weighted by atomic mass is 9.95. The van der Waals surface area contributed by atoms with Gasteiger partial charge in [-0.25, -0.2) is 4.98 Å². The van der Waals surface area contributed by atoms with E-state index in [2.05, 4.69) is 40.2 Å². The van der Waals surface area contributed by atoms with Crippen molar-refractivity contribution in [3.05, 3.63) is 78.1 Å². The molecule has 3 aromatic carbocycles. The van der Waals surface area contributed by atoms with Crippen molar-refractivity contribution in [3.63, 3.8) is 0 Å². The Morgan fingerprint density at radius 2 is 1.95 bits per heavy atom. The molecule has 1 fully saturated rings. The van der Waals surface area contributed by atoms with Gasteiger partial charge in [0.1, 0.15) is 11.6 Å². The van der Waals surface area contributed by atoms with Crippen molar-refractivity contribution in [3.8, 4) is 16.9 Å². The van der Waals surface area contributed by atoms with Gasteiger partial charge in [-0.15, -0.1) is 0 Å². The largest absolute Gasteiger partial charge is 0.482 e. The lowest BCUT2D eigenvalue weighted by Gasteiger charge is -2.33. The maximum absolute atomic E-state index is 13.4. The number of anilines is 1. The highest BCUT2D eigenvalue weighted by Gasteiger charge is 2.29. The molecular formula is C34H39N5O4. The molecule has 2 amide bonds. The van der Waals surface area contributed by atoms with Crippen LogP contribution in [0.25, 0.3) is 22.2 Å². The first-order chi connectivity index (χ1) is 21.0. The van der Waals surface area contributed by atoms with Crippen LogP contribution in [0.5, 0.6) is 5.75 Å². The lowest BCUT2D eigenvalue weighted by molar-refractivity contribution is -0.132. The van der Waals surface area contributed by atoms with Gasteiger partial charge in [0.2, 0.25) is 5.91 Å². The van der Waals surface area contributed by atoms with E-state index in [4.69, 9.17) is 20.2 Å². The molecule has 1 aromatic heterocycles. The second-order valence-corrected chi connectivity index (χ2v) is 11.5. The number of likely N-dealkylation sites (tertiary alicyclic amines) is 1. The number of aryl methyl sites for hydroxylation is 1. The number of methoxy groups -OCH3 is 1. The van der Waals surface area contributed by atoms with Crippen LogP contribution in [0.15, 0.2) is 66.7 Å². The van der Waals surface area contributed by atoms with E-state index in [0.717, 1.165) is 65.9 Å². The molecule has 2 atom stereocenters. The van der Waals surface area contributed by atoms with Gasteiger partial charge in [-0.3, -0.25) is 9.59 Å². The van der Waals surface area contributed by atoms with Crippen molar-refractivity contribution in [2.24, 2.45) is 5.73 Å². The number of hydrogen-bond donors (Lipinski definition) is 2. The average molecular weight is 582 g/mol. The molecule has 43 heavy (non-hydrogen) atoms. The van der Waals surface area contributed by atoms with Crippen LogP contribution in [-0.4, -0.2) is 65.7 Å². The summed E-state index contributed by atoms with van der Waals surface area (Å²) in [4.78, 5) is 32.1. The number of carbonyl (C=O) groups is 2. The van der Waals surface area contributed by atoms with Crippen molar-refractivity contribution < 1.29 is 19.1 Å². The predicted octanol–water partition coefficient (Wildman–Crippen LogP) is 4.74. The average Bonchev–Trinajstić information content (AvgIpc) is 3.40. The summed E-state index contributed by atoms with van der Waals surface area (Å²) in [5.41, 5.74) is 12.4. The van der Waals surface area contributed by atoms with E-state index in [-0.39, 0.29) is 30.4 Å². The van der Waals surface area contributed by atoms with Gasteiger partial charge in [0, 0.05) is 51.7 Å². The molecule has 0 saturated carbocycles. The molecule has 2 aliphatic heterocycles. The molecule has 3 N–H and O–H groups in total. The summed E-state index contributed by atoms with van der Waals surface area (Å²) >= 11 is 0. The molecule has 0 spiro atoms. The summed E-state index contributed by atoms with van der Waals surface area (Å²) in [6, 6.07) is 22.0. The number of aromatic nitrogens is 2. The van der Waals surface area contributed by atoms with Gasteiger partial charge in [0.15, 0.2) is 6.61 Å². The first kappa shape index (κ1) is 28.9. The molecule has 4 aromatic rings. The Bertz CT molecular complexity index is 1600. The van der Waals surface area contributed by atoms with E-state index in [1.165, 1.54) is 0 Å². The Labute approximate surface area is 252 Å². The molecular weight excluding hydrogens is 542 g/mol. The molecule has 224 valence electrons. The number of carbonyl (C=O) groups excluding carboxylic acids is 2. The number of nitrogens with one attached hydrogen (secondary N) is 1. The maximum Gasteiger partial charge on any atom is 0.262 e. The monoisotopic (exact) mass is 581 g/mol. The highest BCUT2D eigenvalue weighted by Crippen LogP contribution is 2.33. The normalized spacial score (nSPS) is 17.3. The van der Waals surface area contributed by atoms with Gasteiger partial charge in [-0.1, -0.05) is 42.5 Å². The fourth-order valence-corrected chi connectivity index (χ4v) is 6.25. The van der Waals surface area contributed by atoms with Crippen LogP contribution in [0.1, 0.15) is 43.0 Å². The number of nitrogens with two attached hydrogens (primary N) is 1. The molecule has 9 nitrogen and oxygen atoms in total. The van der Waals surface area contributed by atoms with Crippen LogP contribution in [0.3, 0.4) is 0 Å². The number of imidazole rings is 1. The topological polar surface area (TPSA) is 112 Å². The van der Waals surface area contributed by atoms with Crippen molar-refractivity contribution in [2.75, 3.05) is 38.7 Å². The van der Waals surface area contributed by atoms with Gasteiger partial charge >= 0.3 is 0 Å². The zero-order valence-corrected chi connectivity index (χ0v) is 24.6. The lowest BCUT2D eigenvalue weighted by Crippen LogP contribution is -2.42. The van der Waals surface area contributed by atoms with Crippen molar-refractivity contribution in [2.45, 2.75) is 50.6 Å². The Kier molecular flexibility index (Phi) is 8.72. The number of amides is 2. The van der Waals surface area contributed by atoms with Crippen LogP contribution in [0.2, 0.25) is 0 Å². The minimum absolute atomic E-state index is 0.0418. The summed E-state index contributed by atoms with van der Waals surface area (Å²) < 4.78 is 13.1. The van der Waals surface area contributed by atoms with Crippen LogP contribution in [0.4, 0.5) is 5.69 Å². The fourth-order valence-electron chi connectivity index (χ4n) is 6.25. The molecule has 0 aliphatic carbocycles. The smallest absolute Gasteiger partial charge is 0.262 e. The third kappa shape index (κ3) is 6.58. The van der Waals surface area contributed by atoms with E-state index in [9.17, 15) is 9.59 Å². The van der Waals surface area contributed by atoms with Crippen molar-refractivity contribution in [1.82, 2.24) is 14.5 Å². The number of ether oxygens (including phenoxy) is 2. The standard InChI is InChI=1S/C34H39N5O4/c1-42-17-5-16-39-30-8-3-2-7-28(30)37-34(39)26-6-4-15-38(21-26)33(41)20-27(35)18-23-9-11-24(12-10-23)25-13-14-31-29(19-25)36-32(40)22-43-31/h2-3,7-14,19,26-27H,4-6,15-18,20-22,35H2,1H3,(H,36,40). The third-order valence-electron chi connectivity index (χ3n) is 8.39. The molecule has 3 heterocycles. The molecule has 2 unspecified atom stereocenters. The van der Waals surface area contributed by atoms with Crippen molar-refractivity contribution in [1.29, 1.82) is 0 Å². The highest BCUT2D eigenvalue weighted by molar-refractivity contribution is 5.96. The second-order valence-electron chi connectivity index (χ2n) is 11.5. The summed E-state index contributed by atoms with van der Waals surface area (Å²) in [5.74, 6) is 1.89. The zero-order chi connectivity index (χ0) is 29.8. The first-order valence-corrected chi connectivity index (χ1v) is 15.1. The summed E-state index contributed by atoms with van der Waals surface area (Å²) in [7, 11) is 1.73. The fraction of sp³-hybridized carbons (Fsp3) is 0.382. The van der Waals surface area contributed by atoms with Crippen LogP contribution in [0, 0.1) is 0 Å². The number of hydrogen-bond acceptors (Lipinski definition) is 6. The van der Waals surface area contributed by atoms with Crippen LogP contribution in [-0.2, 0) is 27.3 Å². The number of benzene rings is 3. The Morgan fingerprint density at radius 3 is 2.79 bits per heavy atom. The minimum atomic E-state index is -0.270. The first-order valence-electron chi connectivity index (χ1n) is 15.1. The van der Waals surface area contributed by atoms with E-state index >= 15 is 0 Å². The number of rotatable bonds is 10. The Balaban J connectivity index is 1.07. The number of nitrogens with zero attached hydrogens (tertiary/aromatic N) is 3. The zero-order valence-electron chi connectivity index (χ0n) is 24.6. The Morgan fingerprint density at radius 1 is 1.14 bits per heavy atom. The van der Waals surface area contributed by atoms with Gasteiger partial charge in [0.25, 0.3) is 5.91 Å². The minimum Gasteiger partial charge on any atom is -0.482 e. The molecule has 6 rings (SSSR count). The van der Waals surface area contributed by atoms with Crippen molar-refractivity contribution >= 4 is 28.5 Å². The van der Waals surface area contributed by atoms with Gasteiger partial charge in [-0.05, 0) is 66.6 Å². The van der Waals surface area contributed by atoms with E-state index in [1.54, 1.807) is 7.11 Å². The summed E-state index contributed by atoms with van der Waals surface area (Å²) in [6.45, 7) is 3.01. The SMILES string of the molecule is COCCCn1c(C2CCCN(C(=O)CC(N)Cc3ccc(-c4ccc5c(c4)NC(=O)CO5)cc3)C2)nc2ccccc21. The van der Waals surface area contributed by atoms with E-state index < -0.39 is 0 Å². The van der Waals surface area contributed by atoms with Gasteiger partial charge in [0.05, 0.1) is 16.7 Å². The molecule has 9 heteroatoms. The number of para-hydroxylation sites is 2. The number of piperidine rings is 1. The van der Waals surface area contributed by atoms with E-state index in [0.29, 0.717) is 37.4 Å². The predicted molar refractivity (Wildman–Crippen MR) is 167 cm³/mol. The molecule has 1 saturated heterocycles. The van der Waals surface area contributed by atoms with Crippen LogP contribution >= 0.6 is 0 Å². The summed E-state index contributed by atoms with van der Waals surface area (Å²) in [5, 5.41) is 2.86. The number of fused-ring (bicyclic) bond motifs is 2. The summed E-state index contributed by atoms with van der Waals surface area (Å²) in [6.07, 6.45) is 3.80. The van der Waals surface area contributed by atoms with E-state index in [1.807, 2.05) is 41.3 Å². The highest BCUT2D eigenvalue weighted by atomic mass is 16.5. The third-order valence-corrected chi connectivity index (χ3v) is 8.39. The molecule has 0 bridgehead atoms. The van der Waals surface area contributed by atoms with Gasteiger partial charge < -0.3 is 30.0 Å². The van der Waals surface area contributed by atoms with Gasteiger partial charge in [-0.2, -0.15) is 0 Å². The second kappa shape index (κ2) is 13.0. The molecule has 2 aliphatic rings. The quantitative estimate of drug-likeness (QED) is 0.262. The maximum atomic E-state index is 13.4. The Hall–Kier alpha value is -4.21.